The third-order valence-electron chi connectivity index (χ3n) is 3.07. The molecule has 92 valence electrons. The van der Waals surface area contributed by atoms with E-state index in [0.717, 1.165) is 11.0 Å². The van der Waals surface area contributed by atoms with E-state index in [1.807, 2.05) is 11.8 Å². The van der Waals surface area contributed by atoms with E-state index in [1.165, 1.54) is 30.2 Å². The molecule has 0 bridgehead atoms. The number of amidine groups is 1. The van der Waals surface area contributed by atoms with Crippen LogP contribution in [0.4, 0.5) is 0 Å². The maximum absolute atomic E-state index is 4.86. The average Bonchev–Trinajstić information content (AvgIpc) is 2.75. The molecule has 2 unspecified atom stereocenters. The predicted molar refractivity (Wildman–Crippen MR) is 76.7 cm³/mol. The van der Waals surface area contributed by atoms with Gasteiger partial charge in [-0.25, -0.2) is 0 Å². The van der Waals surface area contributed by atoms with Crippen LogP contribution in [-0.2, 0) is 0 Å². The van der Waals surface area contributed by atoms with Gasteiger partial charge in [0.05, 0.1) is 6.04 Å². The first-order valence-electron chi connectivity index (χ1n) is 6.19. The molecule has 2 aliphatic rings. The molecular weight excluding hydrogens is 236 g/mol. The quantitative estimate of drug-likeness (QED) is 0.841. The van der Waals surface area contributed by atoms with Gasteiger partial charge in [0.15, 0.2) is 5.17 Å². The molecule has 1 saturated heterocycles. The van der Waals surface area contributed by atoms with Crippen LogP contribution in [0.25, 0.3) is 0 Å². The standard InChI is InChI=1S/C12H22N2S2/c1-4-15-10-6-5-9(7-10)13-11-14-12(2,3)8-16-11/h9-10H,4-8H2,1-3H3,(H,13,14). The van der Waals surface area contributed by atoms with Gasteiger partial charge in [-0.2, -0.15) is 11.8 Å². The lowest BCUT2D eigenvalue weighted by Gasteiger charge is -2.16. The van der Waals surface area contributed by atoms with Gasteiger partial charge in [0.25, 0.3) is 0 Å². The zero-order valence-electron chi connectivity index (χ0n) is 10.5. The van der Waals surface area contributed by atoms with E-state index >= 15 is 0 Å². The Morgan fingerprint density at radius 3 is 2.94 bits per heavy atom. The molecule has 0 aromatic carbocycles. The molecule has 1 saturated carbocycles. The molecule has 2 rings (SSSR count). The number of aliphatic imine (C=N–C) groups is 1. The lowest BCUT2D eigenvalue weighted by atomic mass is 10.1. The summed E-state index contributed by atoms with van der Waals surface area (Å²) < 4.78 is 0. The summed E-state index contributed by atoms with van der Waals surface area (Å²) in [6.45, 7) is 6.74. The van der Waals surface area contributed by atoms with Gasteiger partial charge in [-0.1, -0.05) is 18.7 Å². The smallest absolute Gasteiger partial charge is 0.157 e. The summed E-state index contributed by atoms with van der Waals surface area (Å²) in [5, 5.41) is 5.55. The Kier molecular flexibility index (Phi) is 4.11. The van der Waals surface area contributed by atoms with Crippen molar-refractivity contribution in [3.63, 3.8) is 0 Å². The third-order valence-corrected chi connectivity index (χ3v) is 5.65. The zero-order chi connectivity index (χ0) is 11.6. The highest BCUT2D eigenvalue weighted by Gasteiger charge is 2.30. The summed E-state index contributed by atoms with van der Waals surface area (Å²) >= 11 is 3.99. The van der Waals surface area contributed by atoms with Gasteiger partial charge in [-0.3, -0.25) is 4.99 Å². The molecule has 2 atom stereocenters. The fourth-order valence-electron chi connectivity index (χ4n) is 2.27. The van der Waals surface area contributed by atoms with Crippen molar-refractivity contribution in [2.45, 2.75) is 56.9 Å². The molecular formula is C12H22N2S2. The Hall–Kier alpha value is 0.170. The Morgan fingerprint density at radius 2 is 2.31 bits per heavy atom. The summed E-state index contributed by atoms with van der Waals surface area (Å²) in [6, 6.07) is 0.577. The van der Waals surface area contributed by atoms with E-state index in [1.54, 1.807) is 0 Å². The molecule has 1 aliphatic heterocycles. The van der Waals surface area contributed by atoms with E-state index in [-0.39, 0.29) is 5.54 Å². The van der Waals surface area contributed by atoms with Gasteiger partial charge in [0.1, 0.15) is 0 Å². The predicted octanol–water partition coefficient (Wildman–Crippen LogP) is 3.13. The lowest BCUT2D eigenvalue weighted by molar-refractivity contribution is 0.534. The van der Waals surface area contributed by atoms with Gasteiger partial charge in [0.2, 0.25) is 0 Å². The molecule has 1 aliphatic carbocycles. The normalized spacial score (nSPS) is 35.6. The minimum absolute atomic E-state index is 0.236. The Balaban J connectivity index is 1.85. The molecule has 1 N–H and O–H groups in total. The van der Waals surface area contributed by atoms with Gasteiger partial charge < -0.3 is 5.32 Å². The summed E-state index contributed by atoms with van der Waals surface area (Å²) in [5.41, 5.74) is 0.236. The van der Waals surface area contributed by atoms with Crippen molar-refractivity contribution in [2.75, 3.05) is 11.5 Å². The van der Waals surface area contributed by atoms with Crippen molar-refractivity contribution in [3.05, 3.63) is 0 Å². The first kappa shape index (κ1) is 12.6. The van der Waals surface area contributed by atoms with E-state index < -0.39 is 0 Å². The molecule has 16 heavy (non-hydrogen) atoms. The SMILES string of the molecule is CCSC1CCC(N=C2NC(C)(C)CS2)C1. The summed E-state index contributed by atoms with van der Waals surface area (Å²) in [4.78, 5) is 4.86. The number of nitrogens with zero attached hydrogens (tertiary/aromatic N) is 1. The van der Waals surface area contributed by atoms with Crippen molar-refractivity contribution in [2.24, 2.45) is 4.99 Å². The van der Waals surface area contributed by atoms with Crippen molar-refractivity contribution < 1.29 is 0 Å². The molecule has 0 aromatic heterocycles. The highest BCUT2D eigenvalue weighted by molar-refractivity contribution is 8.14. The van der Waals surface area contributed by atoms with Crippen LogP contribution >= 0.6 is 23.5 Å². The monoisotopic (exact) mass is 258 g/mol. The number of rotatable bonds is 3. The molecule has 0 radical (unpaired) electrons. The first-order valence-corrected chi connectivity index (χ1v) is 8.23. The van der Waals surface area contributed by atoms with Crippen molar-refractivity contribution >= 4 is 28.7 Å². The number of thioether (sulfide) groups is 2. The molecule has 2 fully saturated rings. The molecule has 0 amide bonds. The minimum atomic E-state index is 0.236. The van der Waals surface area contributed by atoms with E-state index in [9.17, 15) is 0 Å². The molecule has 0 aromatic rings. The van der Waals surface area contributed by atoms with Crippen LogP contribution in [0.2, 0.25) is 0 Å². The topological polar surface area (TPSA) is 24.4 Å². The molecule has 2 nitrogen and oxygen atoms in total. The average molecular weight is 258 g/mol. The van der Waals surface area contributed by atoms with Gasteiger partial charge in [-0.15, -0.1) is 0 Å². The van der Waals surface area contributed by atoms with Gasteiger partial charge in [-0.05, 0) is 38.9 Å². The number of nitrogens with one attached hydrogen (secondary N) is 1. The highest BCUT2D eigenvalue weighted by Crippen LogP contribution is 2.32. The third kappa shape index (κ3) is 3.33. The summed E-state index contributed by atoms with van der Waals surface area (Å²) in [5.74, 6) is 2.39. The first-order chi connectivity index (χ1) is 7.59. The Bertz CT molecular complexity index is 276. The van der Waals surface area contributed by atoms with Crippen molar-refractivity contribution in [3.8, 4) is 0 Å². The van der Waals surface area contributed by atoms with Crippen LogP contribution in [0.15, 0.2) is 4.99 Å². The Labute approximate surface area is 107 Å². The number of hydrogen-bond donors (Lipinski definition) is 1. The molecule has 4 heteroatoms. The van der Waals surface area contributed by atoms with Crippen LogP contribution in [0.1, 0.15) is 40.0 Å². The van der Waals surface area contributed by atoms with Crippen molar-refractivity contribution in [1.29, 1.82) is 0 Å². The second-order valence-corrected chi connectivity index (χ2v) is 7.82. The fraction of sp³-hybridized carbons (Fsp3) is 0.917. The van der Waals surface area contributed by atoms with Crippen LogP contribution in [-0.4, -0.2) is 33.5 Å². The lowest BCUT2D eigenvalue weighted by Crippen LogP contribution is -2.37. The van der Waals surface area contributed by atoms with Crippen LogP contribution in [0.5, 0.6) is 0 Å². The molecule has 1 heterocycles. The van der Waals surface area contributed by atoms with Crippen molar-refractivity contribution in [1.82, 2.24) is 5.32 Å². The second kappa shape index (κ2) is 5.21. The van der Waals surface area contributed by atoms with Gasteiger partial charge >= 0.3 is 0 Å². The maximum atomic E-state index is 4.86. The van der Waals surface area contributed by atoms with Gasteiger partial charge in [0, 0.05) is 16.5 Å². The van der Waals surface area contributed by atoms with Crippen LogP contribution in [0, 0.1) is 0 Å². The zero-order valence-corrected chi connectivity index (χ0v) is 12.1. The Morgan fingerprint density at radius 1 is 1.50 bits per heavy atom. The second-order valence-electron chi connectivity index (χ2n) is 5.28. The van der Waals surface area contributed by atoms with E-state index in [4.69, 9.17) is 4.99 Å². The largest absolute Gasteiger partial charge is 0.359 e. The summed E-state index contributed by atoms with van der Waals surface area (Å²) in [7, 11) is 0. The fourth-order valence-corrected chi connectivity index (χ4v) is 4.54. The highest BCUT2D eigenvalue weighted by atomic mass is 32.2. The van der Waals surface area contributed by atoms with Crippen LogP contribution < -0.4 is 5.32 Å². The van der Waals surface area contributed by atoms with E-state index in [0.29, 0.717) is 6.04 Å². The van der Waals surface area contributed by atoms with Crippen LogP contribution in [0.3, 0.4) is 0 Å². The summed E-state index contributed by atoms with van der Waals surface area (Å²) in [6.07, 6.45) is 3.92. The number of hydrogen-bond acceptors (Lipinski definition) is 3. The van der Waals surface area contributed by atoms with E-state index in [2.05, 4.69) is 37.8 Å². The minimum Gasteiger partial charge on any atom is -0.359 e. The molecule has 0 spiro atoms. The maximum Gasteiger partial charge on any atom is 0.157 e.